The van der Waals surface area contributed by atoms with E-state index in [0.717, 1.165) is 5.75 Å². The van der Waals surface area contributed by atoms with Gasteiger partial charge in [0.15, 0.2) is 0 Å². The van der Waals surface area contributed by atoms with E-state index >= 15 is 0 Å². The van der Waals surface area contributed by atoms with Crippen molar-refractivity contribution in [2.45, 2.75) is 26.8 Å². The molecule has 0 aromatic carbocycles. The number of nitrogens with zero attached hydrogens (tertiary/aromatic N) is 1. The molecule has 1 amide bonds. The fourth-order valence-corrected chi connectivity index (χ4v) is 3.20. The van der Waals surface area contributed by atoms with Gasteiger partial charge in [0.1, 0.15) is 6.04 Å². The molecule has 2 unspecified atom stereocenters. The SMILES string of the molecule is CCOC(=O)C1CSCCN1C(=O)C(CN)C(C)C. The number of carbonyl (C=O) groups is 2. The molecule has 0 aromatic rings. The highest BCUT2D eigenvalue weighted by Gasteiger charge is 2.36. The summed E-state index contributed by atoms with van der Waals surface area (Å²) in [5.74, 6) is 1.10. The van der Waals surface area contributed by atoms with Crippen LogP contribution in [0.4, 0.5) is 0 Å². The Bertz CT molecular complexity index is 323. The highest BCUT2D eigenvalue weighted by molar-refractivity contribution is 7.99. The molecule has 1 fully saturated rings. The molecular formula is C13H24N2O3S. The van der Waals surface area contributed by atoms with Crippen LogP contribution in [-0.4, -0.2) is 54.0 Å². The maximum Gasteiger partial charge on any atom is 0.329 e. The van der Waals surface area contributed by atoms with Crippen LogP contribution in [0.15, 0.2) is 0 Å². The monoisotopic (exact) mass is 288 g/mol. The van der Waals surface area contributed by atoms with Gasteiger partial charge in [-0.2, -0.15) is 11.8 Å². The van der Waals surface area contributed by atoms with Crippen molar-refractivity contribution in [2.75, 3.05) is 31.2 Å². The maximum absolute atomic E-state index is 12.5. The molecule has 1 heterocycles. The zero-order valence-electron chi connectivity index (χ0n) is 11.9. The second-order valence-electron chi connectivity index (χ2n) is 4.96. The van der Waals surface area contributed by atoms with Crippen molar-refractivity contribution in [1.82, 2.24) is 4.90 Å². The first kappa shape index (κ1) is 16.3. The first-order chi connectivity index (χ1) is 9.02. The standard InChI is InChI=1S/C13H24N2O3S/c1-4-18-13(17)11-8-19-6-5-15(11)12(16)10(7-14)9(2)3/h9-11H,4-8,14H2,1-3H3. The molecule has 5 nitrogen and oxygen atoms in total. The van der Waals surface area contributed by atoms with E-state index < -0.39 is 6.04 Å². The van der Waals surface area contributed by atoms with Gasteiger partial charge in [0.25, 0.3) is 0 Å². The number of hydrogen-bond acceptors (Lipinski definition) is 5. The molecule has 0 aromatic heterocycles. The molecule has 6 heteroatoms. The minimum Gasteiger partial charge on any atom is -0.464 e. The Morgan fingerprint density at radius 3 is 2.68 bits per heavy atom. The van der Waals surface area contributed by atoms with Gasteiger partial charge in [-0.1, -0.05) is 13.8 Å². The van der Waals surface area contributed by atoms with Gasteiger partial charge in [0, 0.05) is 24.6 Å². The lowest BCUT2D eigenvalue weighted by Crippen LogP contribution is -2.54. The van der Waals surface area contributed by atoms with Crippen LogP contribution in [0.1, 0.15) is 20.8 Å². The second kappa shape index (κ2) is 7.75. The first-order valence-corrected chi connectivity index (χ1v) is 7.93. The van der Waals surface area contributed by atoms with Crippen molar-refractivity contribution in [2.24, 2.45) is 17.6 Å². The van der Waals surface area contributed by atoms with Crippen molar-refractivity contribution in [3.8, 4) is 0 Å². The number of nitrogens with two attached hydrogens (primary N) is 1. The average molecular weight is 288 g/mol. The number of esters is 1. The molecule has 1 rings (SSSR count). The first-order valence-electron chi connectivity index (χ1n) is 6.77. The normalized spacial score (nSPS) is 21.3. The number of carbonyl (C=O) groups excluding carboxylic acids is 2. The lowest BCUT2D eigenvalue weighted by molar-refractivity contribution is -0.155. The third-order valence-electron chi connectivity index (χ3n) is 3.35. The molecular weight excluding hydrogens is 264 g/mol. The van der Waals surface area contributed by atoms with Crippen molar-refractivity contribution >= 4 is 23.6 Å². The van der Waals surface area contributed by atoms with Crippen molar-refractivity contribution in [1.29, 1.82) is 0 Å². The quantitative estimate of drug-likeness (QED) is 0.755. The molecule has 0 aliphatic carbocycles. The number of ether oxygens (including phenoxy) is 1. The van der Waals surface area contributed by atoms with Crippen LogP contribution in [0.3, 0.4) is 0 Å². The smallest absolute Gasteiger partial charge is 0.329 e. The number of thioether (sulfide) groups is 1. The van der Waals surface area contributed by atoms with Crippen LogP contribution in [0.5, 0.6) is 0 Å². The lowest BCUT2D eigenvalue weighted by Gasteiger charge is -2.36. The largest absolute Gasteiger partial charge is 0.464 e. The topological polar surface area (TPSA) is 72.6 Å². The molecule has 1 saturated heterocycles. The Balaban J connectivity index is 2.81. The average Bonchev–Trinajstić information content (AvgIpc) is 2.39. The molecule has 0 radical (unpaired) electrons. The third-order valence-corrected chi connectivity index (χ3v) is 4.37. The van der Waals surface area contributed by atoms with E-state index in [9.17, 15) is 9.59 Å². The molecule has 1 aliphatic rings. The molecule has 1 aliphatic heterocycles. The Hall–Kier alpha value is -0.750. The zero-order valence-corrected chi connectivity index (χ0v) is 12.7. The molecule has 0 saturated carbocycles. The minimum atomic E-state index is -0.459. The van der Waals surface area contributed by atoms with Crippen LogP contribution in [-0.2, 0) is 14.3 Å². The van der Waals surface area contributed by atoms with E-state index in [2.05, 4.69) is 0 Å². The summed E-state index contributed by atoms with van der Waals surface area (Å²) in [7, 11) is 0. The summed E-state index contributed by atoms with van der Waals surface area (Å²) in [6, 6.07) is -0.459. The second-order valence-corrected chi connectivity index (χ2v) is 6.11. The van der Waals surface area contributed by atoms with Crippen LogP contribution in [0.25, 0.3) is 0 Å². The maximum atomic E-state index is 12.5. The van der Waals surface area contributed by atoms with E-state index in [-0.39, 0.29) is 23.7 Å². The van der Waals surface area contributed by atoms with Gasteiger partial charge in [-0.15, -0.1) is 0 Å². The van der Waals surface area contributed by atoms with E-state index in [1.807, 2.05) is 13.8 Å². The van der Waals surface area contributed by atoms with Crippen LogP contribution in [0, 0.1) is 11.8 Å². The summed E-state index contributed by atoms with van der Waals surface area (Å²) < 4.78 is 5.06. The van der Waals surface area contributed by atoms with E-state index in [0.29, 0.717) is 25.4 Å². The van der Waals surface area contributed by atoms with Gasteiger partial charge in [0.05, 0.1) is 12.5 Å². The van der Waals surface area contributed by atoms with Crippen molar-refractivity contribution in [3.05, 3.63) is 0 Å². The third kappa shape index (κ3) is 4.11. The Labute approximate surface area is 119 Å². The van der Waals surface area contributed by atoms with Gasteiger partial charge in [0.2, 0.25) is 5.91 Å². The predicted molar refractivity (Wildman–Crippen MR) is 76.8 cm³/mol. The Morgan fingerprint density at radius 1 is 1.47 bits per heavy atom. The fraction of sp³-hybridized carbons (Fsp3) is 0.846. The van der Waals surface area contributed by atoms with Crippen molar-refractivity contribution in [3.63, 3.8) is 0 Å². The van der Waals surface area contributed by atoms with Gasteiger partial charge < -0.3 is 15.4 Å². The summed E-state index contributed by atoms with van der Waals surface area (Å²) in [5, 5.41) is 0. The molecule has 110 valence electrons. The molecule has 2 atom stereocenters. The van der Waals surface area contributed by atoms with Crippen LogP contribution < -0.4 is 5.73 Å². The number of amides is 1. The minimum absolute atomic E-state index is 0.0177. The molecule has 19 heavy (non-hydrogen) atoms. The van der Waals surface area contributed by atoms with E-state index in [4.69, 9.17) is 10.5 Å². The predicted octanol–water partition coefficient (Wildman–Crippen LogP) is 0.724. The van der Waals surface area contributed by atoms with Crippen LogP contribution in [0.2, 0.25) is 0 Å². The van der Waals surface area contributed by atoms with Crippen molar-refractivity contribution < 1.29 is 14.3 Å². The zero-order chi connectivity index (χ0) is 14.4. The number of rotatable bonds is 5. The van der Waals surface area contributed by atoms with Gasteiger partial charge >= 0.3 is 5.97 Å². The van der Waals surface area contributed by atoms with Crippen LogP contribution >= 0.6 is 11.8 Å². The van der Waals surface area contributed by atoms with Gasteiger partial charge in [-0.05, 0) is 12.8 Å². The number of hydrogen-bond donors (Lipinski definition) is 1. The summed E-state index contributed by atoms with van der Waals surface area (Å²) in [5.41, 5.74) is 5.69. The summed E-state index contributed by atoms with van der Waals surface area (Å²) >= 11 is 1.68. The summed E-state index contributed by atoms with van der Waals surface area (Å²) in [4.78, 5) is 26.1. The molecule has 2 N–H and O–H groups in total. The Kier molecular flexibility index (Phi) is 6.65. The van der Waals surface area contributed by atoms with Gasteiger partial charge in [-0.3, -0.25) is 4.79 Å². The molecule has 0 spiro atoms. The summed E-state index contributed by atoms with van der Waals surface area (Å²) in [6.07, 6.45) is 0. The molecule has 0 bridgehead atoms. The Morgan fingerprint density at radius 2 is 2.16 bits per heavy atom. The fourth-order valence-electron chi connectivity index (χ4n) is 2.17. The van der Waals surface area contributed by atoms with Gasteiger partial charge in [-0.25, -0.2) is 4.79 Å². The van der Waals surface area contributed by atoms with E-state index in [1.54, 1.807) is 23.6 Å². The van der Waals surface area contributed by atoms with E-state index in [1.165, 1.54) is 0 Å². The summed E-state index contributed by atoms with van der Waals surface area (Å²) in [6.45, 7) is 6.98. The highest BCUT2D eigenvalue weighted by atomic mass is 32.2. The lowest BCUT2D eigenvalue weighted by atomic mass is 9.94. The highest BCUT2D eigenvalue weighted by Crippen LogP contribution is 2.22.